The van der Waals surface area contributed by atoms with Gasteiger partial charge in [-0.2, -0.15) is 0 Å². The Balaban J connectivity index is 0.00000256. The fraction of sp³-hybridized carbons (Fsp3) is 0.929. The summed E-state index contributed by atoms with van der Waals surface area (Å²) in [5.41, 5.74) is 0. The largest absolute Gasteiger partial charge is 0.356 e. The molecule has 0 aromatic carbocycles. The Labute approximate surface area is 106 Å². The van der Waals surface area contributed by atoms with E-state index in [0.29, 0.717) is 11.8 Å². The zero-order valence-corrected chi connectivity index (χ0v) is 11.6. The fourth-order valence-electron chi connectivity index (χ4n) is 2.43. The van der Waals surface area contributed by atoms with Gasteiger partial charge in [-0.1, -0.05) is 33.1 Å². The van der Waals surface area contributed by atoms with Gasteiger partial charge in [0.15, 0.2) is 0 Å². The molecule has 0 spiro atoms. The number of hydrogen-bond acceptors (Lipinski definition) is 2. The highest BCUT2D eigenvalue weighted by Crippen LogP contribution is 2.28. The molecule has 0 aliphatic heterocycles. The molecule has 1 aliphatic carbocycles. The lowest BCUT2D eigenvalue weighted by atomic mass is 9.82. The third-order valence-corrected chi connectivity index (χ3v) is 3.72. The molecular formula is C14H30N2O. The second kappa shape index (κ2) is 9.46. The quantitative estimate of drug-likeness (QED) is 0.698. The summed E-state index contributed by atoms with van der Waals surface area (Å²) in [5.74, 6) is 1.44. The Morgan fingerprint density at radius 2 is 1.76 bits per heavy atom. The first-order chi connectivity index (χ1) is 7.74. The fourth-order valence-corrected chi connectivity index (χ4v) is 2.43. The summed E-state index contributed by atoms with van der Waals surface area (Å²) in [6, 6.07) is 0. The maximum atomic E-state index is 11.8. The van der Waals surface area contributed by atoms with E-state index in [2.05, 4.69) is 19.2 Å². The highest BCUT2D eigenvalue weighted by Gasteiger charge is 2.23. The molecule has 0 radical (unpaired) electrons. The molecule has 1 aliphatic rings. The lowest BCUT2D eigenvalue weighted by Crippen LogP contribution is -2.33. The summed E-state index contributed by atoms with van der Waals surface area (Å²) in [5, 5.41) is 3.09. The maximum absolute atomic E-state index is 11.8. The van der Waals surface area contributed by atoms with Gasteiger partial charge in [-0.05, 0) is 38.0 Å². The highest BCUT2D eigenvalue weighted by molar-refractivity contribution is 5.78. The molecule has 0 atom stereocenters. The monoisotopic (exact) mass is 242 g/mol. The van der Waals surface area contributed by atoms with Gasteiger partial charge in [0.2, 0.25) is 5.91 Å². The number of carbonyl (C=O) groups excluding carboxylic acids is 1. The summed E-state index contributed by atoms with van der Waals surface area (Å²) in [6.07, 6.45) is 9.60. The average molecular weight is 242 g/mol. The standard InChI is InChI=1S/C14H27NO.H3N/c1-3-4-5-6-11-15-14(16)13-9-7-12(2)8-10-13;/h12-13H,3-11H2,1-2H3,(H,15,16);1H3. The van der Waals surface area contributed by atoms with Gasteiger partial charge in [0.1, 0.15) is 0 Å². The van der Waals surface area contributed by atoms with Gasteiger partial charge < -0.3 is 11.5 Å². The van der Waals surface area contributed by atoms with E-state index in [-0.39, 0.29) is 6.15 Å². The van der Waals surface area contributed by atoms with Crippen molar-refractivity contribution in [2.45, 2.75) is 65.2 Å². The van der Waals surface area contributed by atoms with Gasteiger partial charge in [-0.3, -0.25) is 4.79 Å². The van der Waals surface area contributed by atoms with E-state index in [9.17, 15) is 4.79 Å². The van der Waals surface area contributed by atoms with Crippen LogP contribution in [-0.4, -0.2) is 12.5 Å². The van der Waals surface area contributed by atoms with Crippen molar-refractivity contribution in [3.05, 3.63) is 0 Å². The lowest BCUT2D eigenvalue weighted by Gasteiger charge is -2.25. The van der Waals surface area contributed by atoms with Gasteiger partial charge in [0.05, 0.1) is 0 Å². The number of carbonyl (C=O) groups is 1. The molecule has 0 heterocycles. The lowest BCUT2D eigenvalue weighted by molar-refractivity contribution is -0.126. The van der Waals surface area contributed by atoms with Crippen LogP contribution in [0, 0.1) is 11.8 Å². The first-order valence-electron chi connectivity index (χ1n) is 7.01. The van der Waals surface area contributed by atoms with Crippen molar-refractivity contribution in [2.24, 2.45) is 11.8 Å². The van der Waals surface area contributed by atoms with Gasteiger partial charge in [0, 0.05) is 12.5 Å². The molecule has 1 fully saturated rings. The number of unbranched alkanes of at least 4 members (excludes halogenated alkanes) is 3. The van der Waals surface area contributed by atoms with Gasteiger partial charge >= 0.3 is 0 Å². The van der Waals surface area contributed by atoms with Crippen molar-refractivity contribution >= 4 is 5.91 Å². The molecule has 0 bridgehead atoms. The van der Waals surface area contributed by atoms with Gasteiger partial charge in [-0.15, -0.1) is 0 Å². The van der Waals surface area contributed by atoms with Crippen LogP contribution in [0.5, 0.6) is 0 Å². The normalized spacial score (nSPS) is 23.9. The van der Waals surface area contributed by atoms with Crippen LogP contribution in [0.2, 0.25) is 0 Å². The highest BCUT2D eigenvalue weighted by atomic mass is 16.1. The van der Waals surface area contributed by atoms with Crippen LogP contribution >= 0.6 is 0 Å². The predicted molar refractivity (Wildman–Crippen MR) is 73.3 cm³/mol. The third-order valence-electron chi connectivity index (χ3n) is 3.72. The SMILES string of the molecule is CCCCCCNC(=O)C1CCC(C)CC1.N. The molecule has 0 aromatic rings. The maximum Gasteiger partial charge on any atom is 0.223 e. The van der Waals surface area contributed by atoms with Crippen LogP contribution in [0.4, 0.5) is 0 Å². The summed E-state index contributed by atoms with van der Waals surface area (Å²) in [7, 11) is 0. The second-order valence-corrected chi connectivity index (χ2v) is 5.31. The summed E-state index contributed by atoms with van der Waals surface area (Å²) in [4.78, 5) is 11.8. The first kappa shape index (κ1) is 16.4. The Morgan fingerprint density at radius 1 is 1.12 bits per heavy atom. The Morgan fingerprint density at radius 3 is 2.35 bits per heavy atom. The molecule has 0 saturated heterocycles. The number of amides is 1. The smallest absolute Gasteiger partial charge is 0.223 e. The van der Waals surface area contributed by atoms with Crippen LogP contribution in [0.15, 0.2) is 0 Å². The molecule has 1 amide bonds. The van der Waals surface area contributed by atoms with E-state index in [4.69, 9.17) is 0 Å². The van der Waals surface area contributed by atoms with Crippen molar-refractivity contribution in [1.82, 2.24) is 11.5 Å². The number of hydrogen-bond donors (Lipinski definition) is 2. The van der Waals surface area contributed by atoms with Crippen molar-refractivity contribution in [3.8, 4) is 0 Å². The molecule has 4 N–H and O–H groups in total. The van der Waals surface area contributed by atoms with Crippen molar-refractivity contribution in [1.29, 1.82) is 0 Å². The van der Waals surface area contributed by atoms with E-state index in [1.54, 1.807) is 0 Å². The van der Waals surface area contributed by atoms with Crippen molar-refractivity contribution in [2.75, 3.05) is 6.54 Å². The van der Waals surface area contributed by atoms with Crippen LogP contribution in [0.1, 0.15) is 65.2 Å². The predicted octanol–water partition coefficient (Wildman–Crippen LogP) is 3.67. The van der Waals surface area contributed by atoms with E-state index in [1.165, 1.54) is 32.1 Å². The minimum Gasteiger partial charge on any atom is -0.356 e. The van der Waals surface area contributed by atoms with E-state index >= 15 is 0 Å². The molecule has 102 valence electrons. The van der Waals surface area contributed by atoms with Crippen LogP contribution in [0.25, 0.3) is 0 Å². The minimum absolute atomic E-state index is 0. The second-order valence-electron chi connectivity index (χ2n) is 5.31. The average Bonchev–Trinajstić information content (AvgIpc) is 2.29. The summed E-state index contributed by atoms with van der Waals surface area (Å²) in [6.45, 7) is 5.38. The van der Waals surface area contributed by atoms with E-state index in [1.807, 2.05) is 0 Å². The Kier molecular flexibility index (Phi) is 9.14. The molecule has 1 saturated carbocycles. The zero-order valence-electron chi connectivity index (χ0n) is 11.6. The molecule has 3 nitrogen and oxygen atoms in total. The molecule has 1 rings (SSSR count). The molecule has 17 heavy (non-hydrogen) atoms. The topological polar surface area (TPSA) is 64.1 Å². The number of rotatable bonds is 6. The first-order valence-corrected chi connectivity index (χ1v) is 7.01. The van der Waals surface area contributed by atoms with Gasteiger partial charge in [-0.25, -0.2) is 0 Å². The van der Waals surface area contributed by atoms with Gasteiger partial charge in [0.25, 0.3) is 0 Å². The molecular weight excluding hydrogens is 212 g/mol. The Bertz CT molecular complexity index is 198. The van der Waals surface area contributed by atoms with Crippen LogP contribution < -0.4 is 11.5 Å². The zero-order chi connectivity index (χ0) is 11.8. The number of nitrogens with one attached hydrogen (secondary N) is 1. The molecule has 3 heteroatoms. The summed E-state index contributed by atoms with van der Waals surface area (Å²) >= 11 is 0. The third kappa shape index (κ3) is 6.67. The minimum atomic E-state index is 0. The van der Waals surface area contributed by atoms with Crippen LogP contribution in [-0.2, 0) is 4.79 Å². The summed E-state index contributed by atoms with van der Waals surface area (Å²) < 4.78 is 0. The van der Waals surface area contributed by atoms with E-state index in [0.717, 1.165) is 31.7 Å². The van der Waals surface area contributed by atoms with Crippen molar-refractivity contribution < 1.29 is 4.79 Å². The van der Waals surface area contributed by atoms with Crippen molar-refractivity contribution in [3.63, 3.8) is 0 Å². The van der Waals surface area contributed by atoms with Crippen LogP contribution in [0.3, 0.4) is 0 Å². The van der Waals surface area contributed by atoms with E-state index < -0.39 is 0 Å². The molecule has 0 aromatic heterocycles. The Hall–Kier alpha value is -0.570. The molecule has 0 unspecified atom stereocenters.